The molecule has 0 aliphatic carbocycles. The molecular weight excluding hydrogens is 216 g/mol. The van der Waals surface area contributed by atoms with Gasteiger partial charge in [0.05, 0.1) is 12.1 Å². The summed E-state index contributed by atoms with van der Waals surface area (Å²) in [6, 6.07) is 5.92. The molecule has 78 valence electrons. The van der Waals surface area contributed by atoms with E-state index in [2.05, 4.69) is 6.92 Å². The lowest BCUT2D eigenvalue weighted by molar-refractivity contribution is 0.414. The number of rotatable bonds is 5. The summed E-state index contributed by atoms with van der Waals surface area (Å²) in [6.45, 7) is 2.20. The number of methoxy groups -OCH3 is 1. The van der Waals surface area contributed by atoms with Gasteiger partial charge in [0.15, 0.2) is 0 Å². The Morgan fingerprint density at radius 1 is 1.43 bits per heavy atom. The summed E-state index contributed by atoms with van der Waals surface area (Å²) < 4.78 is 5.08. The van der Waals surface area contributed by atoms with Gasteiger partial charge in [-0.05, 0) is 30.4 Å². The van der Waals surface area contributed by atoms with Gasteiger partial charge >= 0.3 is 0 Å². The monoisotopic (exact) mass is 230 g/mol. The van der Waals surface area contributed by atoms with Crippen molar-refractivity contribution >= 4 is 23.4 Å². The molecule has 0 radical (unpaired) electrons. The molecular formula is C11H15ClOS. The Morgan fingerprint density at radius 2 is 2.21 bits per heavy atom. The Kier molecular flexibility index (Phi) is 5.20. The van der Waals surface area contributed by atoms with Crippen LogP contribution in [0.25, 0.3) is 0 Å². The van der Waals surface area contributed by atoms with E-state index in [1.165, 1.54) is 17.7 Å². The van der Waals surface area contributed by atoms with Crippen LogP contribution in [0.15, 0.2) is 23.1 Å². The summed E-state index contributed by atoms with van der Waals surface area (Å²) in [4.78, 5) is 1.21. The SMILES string of the molecule is CCCCSc1ccc(OC)c(Cl)c1. The zero-order valence-electron chi connectivity index (χ0n) is 8.55. The fraction of sp³-hybridized carbons (Fsp3) is 0.455. The number of halogens is 1. The van der Waals surface area contributed by atoms with Crippen LogP contribution >= 0.6 is 23.4 Å². The van der Waals surface area contributed by atoms with Crippen LogP contribution in [-0.2, 0) is 0 Å². The van der Waals surface area contributed by atoms with Gasteiger partial charge in [-0.1, -0.05) is 24.9 Å². The fourth-order valence-electron chi connectivity index (χ4n) is 1.07. The van der Waals surface area contributed by atoms with E-state index in [1.807, 2.05) is 30.0 Å². The van der Waals surface area contributed by atoms with Gasteiger partial charge in [-0.3, -0.25) is 0 Å². The molecule has 1 aromatic carbocycles. The van der Waals surface area contributed by atoms with E-state index in [0.29, 0.717) is 5.02 Å². The van der Waals surface area contributed by atoms with E-state index < -0.39 is 0 Å². The molecule has 0 saturated heterocycles. The second kappa shape index (κ2) is 6.20. The Balaban J connectivity index is 2.57. The summed E-state index contributed by atoms with van der Waals surface area (Å²) in [5.41, 5.74) is 0. The van der Waals surface area contributed by atoms with Gasteiger partial charge in [-0.25, -0.2) is 0 Å². The Labute approximate surface area is 94.8 Å². The number of thioether (sulfide) groups is 1. The van der Waals surface area contributed by atoms with Gasteiger partial charge in [0.25, 0.3) is 0 Å². The standard InChI is InChI=1S/C11H15ClOS/c1-3-4-7-14-9-5-6-11(13-2)10(12)8-9/h5-6,8H,3-4,7H2,1-2H3. The third-order valence-corrected chi connectivity index (χ3v) is 3.27. The molecule has 0 atom stereocenters. The second-order valence-corrected chi connectivity index (χ2v) is 4.57. The predicted octanol–water partition coefficient (Wildman–Crippen LogP) is 4.24. The van der Waals surface area contributed by atoms with Crippen LogP contribution in [0.4, 0.5) is 0 Å². The summed E-state index contributed by atoms with van der Waals surface area (Å²) in [5.74, 6) is 1.89. The van der Waals surface area contributed by atoms with Crippen molar-refractivity contribution in [2.24, 2.45) is 0 Å². The molecule has 0 spiro atoms. The minimum atomic E-state index is 0.689. The summed E-state index contributed by atoms with van der Waals surface area (Å²) in [7, 11) is 1.63. The molecule has 0 heterocycles. The summed E-state index contributed by atoms with van der Waals surface area (Å²) in [6.07, 6.45) is 2.48. The molecule has 0 saturated carbocycles. The highest BCUT2D eigenvalue weighted by Gasteiger charge is 2.01. The Hall–Kier alpha value is -0.340. The second-order valence-electron chi connectivity index (χ2n) is 3.00. The molecule has 0 aliphatic rings. The topological polar surface area (TPSA) is 9.23 Å². The molecule has 1 aromatic rings. The molecule has 14 heavy (non-hydrogen) atoms. The van der Waals surface area contributed by atoms with Gasteiger partial charge in [-0.2, -0.15) is 0 Å². The molecule has 0 aromatic heterocycles. The molecule has 3 heteroatoms. The quantitative estimate of drug-likeness (QED) is 0.553. The van der Waals surface area contributed by atoms with E-state index >= 15 is 0 Å². The maximum Gasteiger partial charge on any atom is 0.137 e. The van der Waals surface area contributed by atoms with Crippen LogP contribution in [-0.4, -0.2) is 12.9 Å². The average Bonchev–Trinajstić information content (AvgIpc) is 2.18. The first-order valence-electron chi connectivity index (χ1n) is 4.74. The molecule has 0 amide bonds. The maximum atomic E-state index is 6.00. The molecule has 0 aliphatic heterocycles. The largest absolute Gasteiger partial charge is 0.495 e. The van der Waals surface area contributed by atoms with Gasteiger partial charge in [-0.15, -0.1) is 11.8 Å². The molecule has 0 bridgehead atoms. The van der Waals surface area contributed by atoms with Crippen molar-refractivity contribution in [2.75, 3.05) is 12.9 Å². The lowest BCUT2D eigenvalue weighted by Crippen LogP contribution is -1.84. The lowest BCUT2D eigenvalue weighted by Gasteiger charge is -2.05. The Bertz CT molecular complexity index is 289. The van der Waals surface area contributed by atoms with E-state index in [4.69, 9.17) is 16.3 Å². The van der Waals surface area contributed by atoms with Crippen LogP contribution in [0.3, 0.4) is 0 Å². The minimum Gasteiger partial charge on any atom is -0.495 e. The van der Waals surface area contributed by atoms with Crippen molar-refractivity contribution in [1.82, 2.24) is 0 Å². The highest BCUT2D eigenvalue weighted by atomic mass is 35.5. The smallest absolute Gasteiger partial charge is 0.137 e. The zero-order valence-corrected chi connectivity index (χ0v) is 10.1. The van der Waals surface area contributed by atoms with Gasteiger partial charge < -0.3 is 4.74 Å². The first-order chi connectivity index (χ1) is 6.77. The van der Waals surface area contributed by atoms with Crippen LogP contribution in [0.1, 0.15) is 19.8 Å². The van der Waals surface area contributed by atoms with E-state index in [9.17, 15) is 0 Å². The maximum absolute atomic E-state index is 6.00. The first kappa shape index (κ1) is 11.7. The third-order valence-electron chi connectivity index (χ3n) is 1.89. The minimum absolute atomic E-state index is 0.689. The van der Waals surface area contributed by atoms with Crippen LogP contribution < -0.4 is 4.74 Å². The molecule has 1 rings (SSSR count). The van der Waals surface area contributed by atoms with E-state index in [-0.39, 0.29) is 0 Å². The normalized spacial score (nSPS) is 10.2. The Morgan fingerprint density at radius 3 is 2.79 bits per heavy atom. The molecule has 1 nitrogen and oxygen atoms in total. The van der Waals surface area contributed by atoms with Gasteiger partial charge in [0, 0.05) is 4.90 Å². The van der Waals surface area contributed by atoms with Gasteiger partial charge in [0.1, 0.15) is 5.75 Å². The molecule has 0 unspecified atom stereocenters. The first-order valence-corrected chi connectivity index (χ1v) is 6.10. The van der Waals surface area contributed by atoms with Crippen LogP contribution in [0.2, 0.25) is 5.02 Å². The number of ether oxygens (including phenoxy) is 1. The van der Waals surface area contributed by atoms with Crippen LogP contribution in [0, 0.1) is 0 Å². The number of benzene rings is 1. The summed E-state index contributed by atoms with van der Waals surface area (Å²) in [5, 5.41) is 0.689. The van der Waals surface area contributed by atoms with Crippen molar-refractivity contribution in [3.05, 3.63) is 23.2 Å². The van der Waals surface area contributed by atoms with Crippen molar-refractivity contribution in [3.8, 4) is 5.75 Å². The van der Waals surface area contributed by atoms with Crippen LogP contribution in [0.5, 0.6) is 5.75 Å². The summed E-state index contributed by atoms with van der Waals surface area (Å²) >= 11 is 7.84. The number of hydrogen-bond donors (Lipinski definition) is 0. The number of hydrogen-bond acceptors (Lipinski definition) is 2. The predicted molar refractivity (Wildman–Crippen MR) is 63.6 cm³/mol. The highest BCUT2D eigenvalue weighted by Crippen LogP contribution is 2.29. The van der Waals surface area contributed by atoms with Crippen molar-refractivity contribution < 1.29 is 4.74 Å². The molecule has 0 N–H and O–H groups in total. The van der Waals surface area contributed by atoms with Crippen molar-refractivity contribution in [1.29, 1.82) is 0 Å². The zero-order chi connectivity index (χ0) is 10.4. The fourth-order valence-corrected chi connectivity index (χ4v) is 2.43. The highest BCUT2D eigenvalue weighted by molar-refractivity contribution is 7.99. The van der Waals surface area contributed by atoms with E-state index in [1.54, 1.807) is 7.11 Å². The molecule has 0 fully saturated rings. The van der Waals surface area contributed by atoms with E-state index in [0.717, 1.165) is 11.5 Å². The van der Waals surface area contributed by atoms with Crippen molar-refractivity contribution in [3.63, 3.8) is 0 Å². The lowest BCUT2D eigenvalue weighted by atomic mass is 10.3. The van der Waals surface area contributed by atoms with Gasteiger partial charge in [0.2, 0.25) is 0 Å². The number of unbranched alkanes of at least 4 members (excludes halogenated alkanes) is 1. The third kappa shape index (κ3) is 3.43. The van der Waals surface area contributed by atoms with Crippen molar-refractivity contribution in [2.45, 2.75) is 24.7 Å². The average molecular weight is 231 g/mol.